The number of aromatic nitrogens is 1. The maximum Gasteiger partial charge on any atom is 0.293 e. The first-order valence-corrected chi connectivity index (χ1v) is 8.87. The number of hydrogen-bond acceptors (Lipinski definition) is 5. The lowest BCUT2D eigenvalue weighted by Crippen LogP contribution is -2.37. The molecule has 0 atom stereocenters. The summed E-state index contributed by atoms with van der Waals surface area (Å²) in [6.07, 6.45) is 3.23. The molecule has 0 bridgehead atoms. The van der Waals surface area contributed by atoms with Crippen LogP contribution in [0.2, 0.25) is 0 Å². The molecule has 1 aromatic carbocycles. The first kappa shape index (κ1) is 17.9. The summed E-state index contributed by atoms with van der Waals surface area (Å²) in [5, 5.41) is 2.33. The fourth-order valence-corrected chi connectivity index (χ4v) is 3.24. The highest BCUT2D eigenvalue weighted by Gasteiger charge is 2.34. The van der Waals surface area contributed by atoms with Crippen molar-refractivity contribution in [1.29, 1.82) is 0 Å². The molecule has 1 N–H and O–H groups in total. The molecule has 132 valence electrons. The van der Waals surface area contributed by atoms with Crippen molar-refractivity contribution < 1.29 is 14.4 Å². The minimum absolute atomic E-state index is 0.120. The summed E-state index contributed by atoms with van der Waals surface area (Å²) in [6.45, 7) is 2.27. The summed E-state index contributed by atoms with van der Waals surface area (Å²) in [5.41, 5.74) is 2.28. The minimum Gasteiger partial charge on any atom is -0.349 e. The van der Waals surface area contributed by atoms with Crippen LogP contribution in [0.4, 0.5) is 4.79 Å². The van der Waals surface area contributed by atoms with Gasteiger partial charge in [-0.25, -0.2) is 0 Å². The number of amides is 3. The minimum atomic E-state index is -0.340. The normalized spacial score (nSPS) is 15.6. The zero-order valence-corrected chi connectivity index (χ0v) is 15.0. The van der Waals surface area contributed by atoms with Gasteiger partial charge in [0.1, 0.15) is 5.69 Å². The highest BCUT2D eigenvalue weighted by Crippen LogP contribution is 2.31. The lowest BCUT2D eigenvalue weighted by molar-refractivity contribution is -0.122. The quantitative estimate of drug-likeness (QED) is 0.822. The number of nitrogens with zero attached hydrogens (tertiary/aromatic N) is 2. The Kier molecular flexibility index (Phi) is 5.48. The largest absolute Gasteiger partial charge is 0.349 e. The number of nitrogens with one attached hydrogen (secondary N) is 1. The monoisotopic (exact) mass is 367 g/mol. The van der Waals surface area contributed by atoms with E-state index in [1.54, 1.807) is 24.3 Å². The van der Waals surface area contributed by atoms with Crippen LogP contribution in [0.5, 0.6) is 0 Å². The van der Waals surface area contributed by atoms with Gasteiger partial charge < -0.3 is 5.32 Å². The number of imide groups is 1. The third kappa shape index (κ3) is 4.18. The molecule has 1 aliphatic rings. The number of hydrogen-bond donors (Lipinski definition) is 1. The molecule has 1 fully saturated rings. The molecule has 0 radical (unpaired) electrons. The Labute approximate surface area is 155 Å². The zero-order chi connectivity index (χ0) is 18.5. The van der Waals surface area contributed by atoms with Gasteiger partial charge in [0.2, 0.25) is 0 Å². The van der Waals surface area contributed by atoms with E-state index in [0.717, 1.165) is 27.8 Å². The molecule has 0 aliphatic carbocycles. The van der Waals surface area contributed by atoms with E-state index in [0.29, 0.717) is 10.6 Å². The highest BCUT2D eigenvalue weighted by atomic mass is 32.2. The number of carbonyl (C=O) groups excluding carboxylic acids is 3. The van der Waals surface area contributed by atoms with Gasteiger partial charge in [-0.2, -0.15) is 0 Å². The van der Waals surface area contributed by atoms with Crippen LogP contribution in [0.25, 0.3) is 6.08 Å². The van der Waals surface area contributed by atoms with E-state index in [2.05, 4.69) is 10.3 Å². The lowest BCUT2D eigenvalue weighted by atomic mass is 10.1. The summed E-state index contributed by atoms with van der Waals surface area (Å²) < 4.78 is 0. The van der Waals surface area contributed by atoms with Gasteiger partial charge in [0.15, 0.2) is 0 Å². The Morgan fingerprint density at radius 1 is 1.19 bits per heavy atom. The number of benzene rings is 1. The molecule has 1 aliphatic heterocycles. The van der Waals surface area contributed by atoms with Crippen LogP contribution >= 0.6 is 11.8 Å². The number of rotatable bonds is 5. The van der Waals surface area contributed by atoms with Crippen LogP contribution < -0.4 is 5.32 Å². The van der Waals surface area contributed by atoms with Crippen LogP contribution in [0, 0.1) is 6.92 Å². The predicted octanol–water partition coefficient (Wildman–Crippen LogP) is 2.86. The van der Waals surface area contributed by atoms with E-state index in [-0.39, 0.29) is 30.1 Å². The molecule has 0 unspecified atom stereocenters. The van der Waals surface area contributed by atoms with Crippen molar-refractivity contribution in [1.82, 2.24) is 15.2 Å². The second kappa shape index (κ2) is 7.97. The Morgan fingerprint density at radius 2 is 1.96 bits per heavy atom. The smallest absolute Gasteiger partial charge is 0.293 e. The zero-order valence-electron chi connectivity index (χ0n) is 14.1. The Hall–Kier alpha value is -2.93. The van der Waals surface area contributed by atoms with Gasteiger partial charge in [0.25, 0.3) is 17.1 Å². The Morgan fingerprint density at radius 3 is 2.65 bits per heavy atom. The van der Waals surface area contributed by atoms with E-state index < -0.39 is 0 Å². The topological polar surface area (TPSA) is 79.4 Å². The SMILES string of the molecule is Cc1ccc(C=C2SC(=O)N(CCNC(=O)c3ccccn3)C2=O)cc1. The van der Waals surface area contributed by atoms with Gasteiger partial charge in [-0.15, -0.1) is 0 Å². The average molecular weight is 367 g/mol. The third-order valence-electron chi connectivity index (χ3n) is 3.77. The molecule has 7 heteroatoms. The van der Waals surface area contributed by atoms with Crippen LogP contribution in [0.3, 0.4) is 0 Å². The number of carbonyl (C=O) groups is 3. The first-order chi connectivity index (χ1) is 12.5. The lowest BCUT2D eigenvalue weighted by Gasteiger charge is -2.12. The highest BCUT2D eigenvalue weighted by molar-refractivity contribution is 8.18. The molecular weight excluding hydrogens is 350 g/mol. The maximum atomic E-state index is 12.4. The van der Waals surface area contributed by atoms with Crippen molar-refractivity contribution in [3.63, 3.8) is 0 Å². The van der Waals surface area contributed by atoms with Gasteiger partial charge >= 0.3 is 0 Å². The third-order valence-corrected chi connectivity index (χ3v) is 4.67. The maximum absolute atomic E-state index is 12.4. The van der Waals surface area contributed by atoms with Gasteiger partial charge in [-0.05, 0) is 42.5 Å². The van der Waals surface area contributed by atoms with Gasteiger partial charge in [0, 0.05) is 19.3 Å². The summed E-state index contributed by atoms with van der Waals surface area (Å²) in [4.78, 5) is 41.9. The van der Waals surface area contributed by atoms with Gasteiger partial charge in [-0.3, -0.25) is 24.3 Å². The molecule has 2 heterocycles. The molecule has 6 nitrogen and oxygen atoms in total. The van der Waals surface area contributed by atoms with Crippen LogP contribution in [-0.4, -0.2) is 40.0 Å². The van der Waals surface area contributed by atoms with Crippen molar-refractivity contribution in [3.8, 4) is 0 Å². The summed E-state index contributed by atoms with van der Waals surface area (Å²) in [7, 11) is 0. The van der Waals surface area contributed by atoms with Gasteiger partial charge in [-0.1, -0.05) is 35.9 Å². The summed E-state index contributed by atoms with van der Waals surface area (Å²) >= 11 is 0.910. The predicted molar refractivity (Wildman–Crippen MR) is 100 cm³/mol. The molecule has 26 heavy (non-hydrogen) atoms. The van der Waals surface area contributed by atoms with E-state index in [1.807, 2.05) is 31.2 Å². The number of thioether (sulfide) groups is 1. The fourth-order valence-electron chi connectivity index (χ4n) is 2.38. The van der Waals surface area contributed by atoms with E-state index in [9.17, 15) is 14.4 Å². The molecule has 2 aromatic rings. The van der Waals surface area contributed by atoms with Crippen molar-refractivity contribution in [2.75, 3.05) is 13.1 Å². The van der Waals surface area contributed by atoms with E-state index >= 15 is 0 Å². The van der Waals surface area contributed by atoms with E-state index in [4.69, 9.17) is 0 Å². The molecule has 1 saturated heterocycles. The molecule has 0 saturated carbocycles. The van der Waals surface area contributed by atoms with Crippen molar-refractivity contribution >= 4 is 34.9 Å². The molecule has 0 spiro atoms. The summed E-state index contributed by atoms with van der Waals surface area (Å²) in [6, 6.07) is 12.7. The first-order valence-electron chi connectivity index (χ1n) is 8.06. The second-order valence-corrected chi connectivity index (χ2v) is 6.71. The number of aryl methyl sites for hydroxylation is 1. The van der Waals surface area contributed by atoms with Crippen LogP contribution in [0.15, 0.2) is 53.6 Å². The Bertz CT molecular complexity index is 863. The average Bonchev–Trinajstić information content (AvgIpc) is 2.91. The number of pyridine rings is 1. The second-order valence-electron chi connectivity index (χ2n) is 5.71. The van der Waals surface area contributed by atoms with Crippen molar-refractivity contribution in [2.45, 2.75) is 6.92 Å². The molecule has 3 amide bonds. The van der Waals surface area contributed by atoms with Crippen molar-refractivity contribution in [2.24, 2.45) is 0 Å². The fraction of sp³-hybridized carbons (Fsp3) is 0.158. The standard InChI is InChI=1S/C19H17N3O3S/c1-13-5-7-14(8-6-13)12-16-18(24)22(19(25)26-16)11-10-21-17(23)15-4-2-3-9-20-15/h2-9,12H,10-11H2,1H3,(H,21,23). The Balaban J connectivity index is 1.59. The van der Waals surface area contributed by atoms with Crippen molar-refractivity contribution in [3.05, 3.63) is 70.4 Å². The summed E-state index contributed by atoms with van der Waals surface area (Å²) in [5.74, 6) is -0.680. The van der Waals surface area contributed by atoms with Crippen LogP contribution in [-0.2, 0) is 4.79 Å². The molecule has 1 aromatic heterocycles. The van der Waals surface area contributed by atoms with Crippen LogP contribution in [0.1, 0.15) is 21.6 Å². The van der Waals surface area contributed by atoms with Gasteiger partial charge in [0.05, 0.1) is 4.91 Å². The molecular formula is C19H17N3O3S. The molecule has 3 rings (SSSR count). The van der Waals surface area contributed by atoms with E-state index in [1.165, 1.54) is 6.20 Å².